The van der Waals surface area contributed by atoms with Gasteiger partial charge in [0.2, 0.25) is 5.91 Å². The van der Waals surface area contributed by atoms with Crippen LogP contribution in [0.3, 0.4) is 0 Å². The average Bonchev–Trinajstić information content (AvgIpc) is 2.97. The number of thiophene rings is 1. The zero-order valence-electron chi connectivity index (χ0n) is 16.4. The molecule has 4 nitrogen and oxygen atoms in total. The monoisotopic (exact) mass is 385 g/mol. The molecule has 0 fully saturated rings. The number of rotatable bonds is 2. The number of ether oxygens (including phenoxy) is 1. The Bertz CT molecular complexity index is 894. The fourth-order valence-corrected chi connectivity index (χ4v) is 5.89. The van der Waals surface area contributed by atoms with Gasteiger partial charge in [-0.15, -0.1) is 11.3 Å². The Kier molecular flexibility index (Phi) is 4.46. The van der Waals surface area contributed by atoms with Crippen LogP contribution in [-0.2, 0) is 17.6 Å². The van der Waals surface area contributed by atoms with E-state index in [1.54, 1.807) is 30.6 Å². The van der Waals surface area contributed by atoms with Gasteiger partial charge in [0.1, 0.15) is 0 Å². The van der Waals surface area contributed by atoms with Crippen LogP contribution < -0.4 is 10.1 Å². The maximum atomic E-state index is 12.4. The molecule has 2 aliphatic rings. The molecule has 1 aliphatic carbocycles. The van der Waals surface area contributed by atoms with Gasteiger partial charge in [0.15, 0.2) is 11.5 Å². The molecule has 2 heterocycles. The highest BCUT2D eigenvalue weighted by molar-refractivity contribution is 7.16. The Morgan fingerprint density at radius 3 is 2.70 bits per heavy atom. The van der Waals surface area contributed by atoms with Gasteiger partial charge in [-0.2, -0.15) is 0 Å². The molecule has 144 valence electrons. The molecule has 0 saturated heterocycles. The highest BCUT2D eigenvalue weighted by Crippen LogP contribution is 2.50. The number of amides is 1. The third-order valence-electron chi connectivity index (χ3n) is 6.13. The number of benzene rings is 1. The molecule has 1 aliphatic heterocycles. The summed E-state index contributed by atoms with van der Waals surface area (Å²) >= 11 is 1.75. The third-order valence-corrected chi connectivity index (χ3v) is 7.31. The molecule has 0 radical (unpaired) electrons. The largest absolute Gasteiger partial charge is 0.504 e. The van der Waals surface area contributed by atoms with E-state index in [1.165, 1.54) is 22.4 Å². The first-order valence-electron chi connectivity index (χ1n) is 9.59. The van der Waals surface area contributed by atoms with Crippen LogP contribution in [0, 0.1) is 11.3 Å². The minimum absolute atomic E-state index is 0.00302. The van der Waals surface area contributed by atoms with Gasteiger partial charge in [0.05, 0.1) is 12.1 Å². The van der Waals surface area contributed by atoms with Crippen LogP contribution in [0.2, 0.25) is 0 Å². The molecule has 27 heavy (non-hydrogen) atoms. The van der Waals surface area contributed by atoms with E-state index >= 15 is 0 Å². The predicted molar refractivity (Wildman–Crippen MR) is 109 cm³/mol. The van der Waals surface area contributed by atoms with Crippen molar-refractivity contribution in [2.24, 2.45) is 11.3 Å². The SMILES string of the molecule is COc1ccc([C@@H]2CC(=O)Nc3sc4c(c32)CC[C@H](C(C)(C)C)C4)cc1O. The minimum Gasteiger partial charge on any atom is -0.504 e. The van der Waals surface area contributed by atoms with Crippen molar-refractivity contribution in [2.45, 2.75) is 52.4 Å². The normalized spacial score (nSPS) is 22.0. The standard InChI is InChI=1S/C22H27NO3S/c1-22(2,3)13-6-7-14-18(10-13)27-21-20(14)15(11-19(25)23-21)12-5-8-17(26-4)16(24)9-12/h5,8-9,13,15,24H,6-7,10-11H2,1-4H3,(H,23,25)/t13-,15-/m0/s1. The fourth-order valence-electron chi connectivity index (χ4n) is 4.48. The molecule has 2 atom stereocenters. The molecule has 0 spiro atoms. The molecule has 2 N–H and O–H groups in total. The van der Waals surface area contributed by atoms with Crippen molar-refractivity contribution in [3.63, 3.8) is 0 Å². The van der Waals surface area contributed by atoms with Gasteiger partial charge in [-0.3, -0.25) is 4.79 Å². The molecule has 0 saturated carbocycles. The summed E-state index contributed by atoms with van der Waals surface area (Å²) in [6.45, 7) is 6.96. The number of carbonyl (C=O) groups excluding carboxylic acids is 1. The highest BCUT2D eigenvalue weighted by Gasteiger charge is 2.37. The Labute approximate surface area is 164 Å². The summed E-state index contributed by atoms with van der Waals surface area (Å²) in [7, 11) is 1.54. The summed E-state index contributed by atoms with van der Waals surface area (Å²) in [5.74, 6) is 1.30. The van der Waals surface area contributed by atoms with Gasteiger partial charge in [-0.05, 0) is 59.4 Å². The molecule has 1 aromatic carbocycles. The van der Waals surface area contributed by atoms with Crippen molar-refractivity contribution in [3.05, 3.63) is 39.8 Å². The maximum absolute atomic E-state index is 12.4. The lowest BCUT2D eigenvalue weighted by Crippen LogP contribution is -2.27. The van der Waals surface area contributed by atoms with Crippen LogP contribution >= 0.6 is 11.3 Å². The van der Waals surface area contributed by atoms with Crippen LogP contribution in [0.25, 0.3) is 0 Å². The van der Waals surface area contributed by atoms with E-state index in [0.29, 0.717) is 23.5 Å². The summed E-state index contributed by atoms with van der Waals surface area (Å²) in [5.41, 5.74) is 3.97. The van der Waals surface area contributed by atoms with Gasteiger partial charge in [0, 0.05) is 17.2 Å². The van der Waals surface area contributed by atoms with Crippen LogP contribution in [0.5, 0.6) is 11.5 Å². The Morgan fingerprint density at radius 2 is 2.04 bits per heavy atom. The maximum Gasteiger partial charge on any atom is 0.225 e. The lowest BCUT2D eigenvalue weighted by Gasteiger charge is -2.34. The van der Waals surface area contributed by atoms with E-state index < -0.39 is 0 Å². The number of hydrogen-bond donors (Lipinski definition) is 2. The molecule has 2 aromatic rings. The molecule has 0 bridgehead atoms. The first-order chi connectivity index (χ1) is 12.8. The van der Waals surface area contributed by atoms with Gasteiger partial charge in [0.25, 0.3) is 0 Å². The Balaban J connectivity index is 1.76. The second-order valence-electron chi connectivity index (χ2n) is 8.79. The first kappa shape index (κ1) is 18.4. The summed E-state index contributed by atoms with van der Waals surface area (Å²) in [4.78, 5) is 13.8. The number of anilines is 1. The van der Waals surface area contributed by atoms with Crippen molar-refractivity contribution >= 4 is 22.2 Å². The van der Waals surface area contributed by atoms with Crippen LogP contribution in [0.4, 0.5) is 5.00 Å². The van der Waals surface area contributed by atoms with Crippen LogP contribution in [0.15, 0.2) is 18.2 Å². The van der Waals surface area contributed by atoms with Crippen LogP contribution in [0.1, 0.15) is 61.1 Å². The minimum atomic E-state index is -0.00302. The lowest BCUT2D eigenvalue weighted by molar-refractivity contribution is -0.116. The quantitative estimate of drug-likeness (QED) is 0.757. The Morgan fingerprint density at radius 1 is 1.26 bits per heavy atom. The van der Waals surface area contributed by atoms with E-state index in [1.807, 2.05) is 6.07 Å². The van der Waals surface area contributed by atoms with Gasteiger partial charge < -0.3 is 15.2 Å². The van der Waals surface area contributed by atoms with E-state index in [9.17, 15) is 9.90 Å². The predicted octanol–water partition coefficient (Wildman–Crippen LogP) is 5.09. The molecule has 1 amide bonds. The van der Waals surface area contributed by atoms with Gasteiger partial charge >= 0.3 is 0 Å². The van der Waals surface area contributed by atoms with E-state index in [0.717, 1.165) is 23.4 Å². The second kappa shape index (κ2) is 6.55. The number of hydrogen-bond acceptors (Lipinski definition) is 4. The zero-order valence-corrected chi connectivity index (χ0v) is 17.2. The molecule has 5 heteroatoms. The number of nitrogens with one attached hydrogen (secondary N) is 1. The lowest BCUT2D eigenvalue weighted by atomic mass is 9.71. The molecule has 0 unspecified atom stereocenters. The summed E-state index contributed by atoms with van der Waals surface area (Å²) in [6.07, 6.45) is 3.77. The first-order valence-corrected chi connectivity index (χ1v) is 10.4. The van der Waals surface area contributed by atoms with Crippen molar-refractivity contribution in [1.82, 2.24) is 0 Å². The number of methoxy groups -OCH3 is 1. The second-order valence-corrected chi connectivity index (χ2v) is 9.89. The fraction of sp³-hybridized carbons (Fsp3) is 0.500. The molecular formula is C22H27NO3S. The van der Waals surface area contributed by atoms with E-state index in [4.69, 9.17) is 4.74 Å². The average molecular weight is 386 g/mol. The zero-order chi connectivity index (χ0) is 19.3. The number of phenols is 1. The Hall–Kier alpha value is -2.01. The van der Waals surface area contributed by atoms with Gasteiger partial charge in [-0.1, -0.05) is 26.8 Å². The van der Waals surface area contributed by atoms with Crippen molar-refractivity contribution in [3.8, 4) is 11.5 Å². The van der Waals surface area contributed by atoms with E-state index in [-0.39, 0.29) is 17.6 Å². The number of fused-ring (bicyclic) bond motifs is 3. The number of aromatic hydroxyl groups is 1. The van der Waals surface area contributed by atoms with Crippen molar-refractivity contribution < 1.29 is 14.6 Å². The highest BCUT2D eigenvalue weighted by atomic mass is 32.1. The van der Waals surface area contributed by atoms with Gasteiger partial charge in [-0.25, -0.2) is 0 Å². The smallest absolute Gasteiger partial charge is 0.225 e. The topological polar surface area (TPSA) is 58.6 Å². The molecule has 4 rings (SSSR count). The van der Waals surface area contributed by atoms with E-state index in [2.05, 4.69) is 26.1 Å². The third kappa shape index (κ3) is 3.22. The van der Waals surface area contributed by atoms with Crippen molar-refractivity contribution in [1.29, 1.82) is 0 Å². The van der Waals surface area contributed by atoms with Crippen LogP contribution in [-0.4, -0.2) is 18.1 Å². The summed E-state index contributed by atoms with van der Waals surface area (Å²) in [5, 5.41) is 14.3. The molecule has 1 aromatic heterocycles. The number of carbonyl (C=O) groups is 1. The number of phenolic OH excluding ortho intramolecular Hbond substituents is 1. The molecular weight excluding hydrogens is 358 g/mol. The van der Waals surface area contributed by atoms with Crippen molar-refractivity contribution in [2.75, 3.05) is 12.4 Å². The summed E-state index contributed by atoms with van der Waals surface area (Å²) in [6, 6.07) is 5.50. The summed E-state index contributed by atoms with van der Waals surface area (Å²) < 4.78 is 5.17.